The predicted octanol–water partition coefficient (Wildman–Crippen LogP) is 3.71. The topological polar surface area (TPSA) is 105 Å². The number of aromatic nitrogens is 2. The molecule has 4 rings (SSSR count). The van der Waals surface area contributed by atoms with Gasteiger partial charge in [0, 0.05) is 11.6 Å². The van der Waals surface area contributed by atoms with Crippen molar-refractivity contribution < 1.29 is 4.79 Å². The van der Waals surface area contributed by atoms with Crippen LogP contribution >= 0.6 is 0 Å². The number of nitrogens with two attached hydrogens (primary N) is 1. The first-order valence-electron chi connectivity index (χ1n) is 9.63. The third-order valence-electron chi connectivity index (χ3n) is 5.16. The summed E-state index contributed by atoms with van der Waals surface area (Å²) in [5, 5.41) is 5.30. The number of carbonyl (C=O) groups excluding carboxylic acids is 1. The molecule has 144 valence electrons. The zero-order chi connectivity index (χ0) is 19.3. The first-order chi connectivity index (χ1) is 13.7. The second kappa shape index (κ2) is 8.12. The molecule has 3 aromatic rings. The Kier molecular flexibility index (Phi) is 5.23. The Labute approximate surface area is 163 Å². The maximum absolute atomic E-state index is 12.7. The fraction of sp³-hybridized carbons (Fsp3) is 0.286. The largest absolute Gasteiger partial charge is 0.393 e. The third-order valence-corrected chi connectivity index (χ3v) is 5.16. The highest BCUT2D eigenvalue weighted by molar-refractivity contribution is 6.07. The minimum absolute atomic E-state index is 0.253. The van der Waals surface area contributed by atoms with Gasteiger partial charge < -0.3 is 11.1 Å². The maximum Gasteiger partial charge on any atom is 0.270 e. The molecular weight excluding hydrogens is 352 g/mol. The van der Waals surface area contributed by atoms with Crippen molar-refractivity contribution >= 4 is 34.0 Å². The van der Waals surface area contributed by atoms with Crippen LogP contribution in [0.3, 0.4) is 0 Å². The van der Waals surface area contributed by atoms with E-state index in [9.17, 15) is 4.79 Å². The van der Waals surface area contributed by atoms with Gasteiger partial charge in [-0.25, -0.2) is 9.97 Å². The van der Waals surface area contributed by atoms with Crippen LogP contribution in [0.2, 0.25) is 0 Å². The number of rotatable bonds is 5. The number of nitrogens with zero attached hydrogens (tertiary/aromatic N) is 2. The summed E-state index contributed by atoms with van der Waals surface area (Å²) in [6.45, 7) is 0. The lowest BCUT2D eigenvalue weighted by molar-refractivity contribution is 0.0964. The Bertz CT molecular complexity index is 978. The molecule has 0 bridgehead atoms. The van der Waals surface area contributed by atoms with Crippen molar-refractivity contribution in [1.82, 2.24) is 15.4 Å². The molecule has 0 aliphatic heterocycles. The molecule has 28 heavy (non-hydrogen) atoms. The highest BCUT2D eigenvalue weighted by atomic mass is 16.2. The number of fused-ring (bicyclic) bond motifs is 1. The van der Waals surface area contributed by atoms with E-state index in [1.165, 1.54) is 25.6 Å². The van der Waals surface area contributed by atoms with Crippen LogP contribution in [0.15, 0.2) is 48.8 Å². The molecule has 1 aromatic heterocycles. The molecule has 0 radical (unpaired) electrons. The molecule has 0 atom stereocenters. The Balaban J connectivity index is 1.47. The second-order valence-corrected chi connectivity index (χ2v) is 7.07. The van der Waals surface area contributed by atoms with E-state index in [1.807, 2.05) is 36.4 Å². The Hall–Kier alpha value is -3.35. The summed E-state index contributed by atoms with van der Waals surface area (Å²) in [5.41, 5.74) is 12.7. The number of anilines is 3. The van der Waals surface area contributed by atoms with Crippen LogP contribution < -0.4 is 21.9 Å². The minimum Gasteiger partial charge on any atom is -0.393 e. The van der Waals surface area contributed by atoms with E-state index in [0.717, 1.165) is 23.6 Å². The van der Waals surface area contributed by atoms with Crippen molar-refractivity contribution in [3.8, 4) is 0 Å². The van der Waals surface area contributed by atoms with Gasteiger partial charge in [0.25, 0.3) is 5.91 Å². The standard InChI is InChI=1S/C21H24N6O/c22-18-19(25-15-9-2-1-3-10-15)23-13-24-20(18)26-27-21(28)17-12-6-8-14-7-4-5-11-16(14)17/h4-8,11-13,15H,1-3,9-10,22H2,(H,27,28)(H2,23,24,25,26). The number of hydrogen-bond donors (Lipinski definition) is 4. The Morgan fingerprint density at radius 1 is 0.964 bits per heavy atom. The molecule has 0 spiro atoms. The zero-order valence-corrected chi connectivity index (χ0v) is 15.6. The molecule has 1 amide bonds. The number of benzene rings is 2. The number of carbonyl (C=O) groups is 1. The lowest BCUT2D eigenvalue weighted by atomic mass is 9.95. The summed E-state index contributed by atoms with van der Waals surface area (Å²) in [5.74, 6) is 0.724. The molecule has 1 fully saturated rings. The number of amides is 1. The molecule has 2 aromatic carbocycles. The maximum atomic E-state index is 12.7. The highest BCUT2D eigenvalue weighted by Crippen LogP contribution is 2.26. The van der Waals surface area contributed by atoms with Crippen molar-refractivity contribution in [2.24, 2.45) is 0 Å². The fourth-order valence-corrected chi connectivity index (χ4v) is 3.66. The van der Waals surface area contributed by atoms with Gasteiger partial charge in [-0.15, -0.1) is 0 Å². The molecule has 1 aliphatic carbocycles. The van der Waals surface area contributed by atoms with Gasteiger partial charge in [-0.1, -0.05) is 55.7 Å². The number of nitrogens with one attached hydrogen (secondary N) is 3. The Morgan fingerprint density at radius 3 is 2.57 bits per heavy atom. The van der Waals surface area contributed by atoms with Crippen LogP contribution in [0, 0.1) is 0 Å². The molecule has 1 aliphatic rings. The van der Waals surface area contributed by atoms with E-state index in [-0.39, 0.29) is 5.91 Å². The quantitative estimate of drug-likeness (QED) is 0.506. The van der Waals surface area contributed by atoms with Crippen molar-refractivity contribution in [3.05, 3.63) is 54.4 Å². The van der Waals surface area contributed by atoms with Gasteiger partial charge in [0.2, 0.25) is 0 Å². The number of nitrogen functional groups attached to an aromatic ring is 1. The molecule has 1 heterocycles. The van der Waals surface area contributed by atoms with E-state index in [0.29, 0.717) is 28.9 Å². The summed E-state index contributed by atoms with van der Waals surface area (Å²) in [4.78, 5) is 21.1. The normalized spacial score (nSPS) is 14.6. The molecule has 7 heteroatoms. The van der Waals surface area contributed by atoms with E-state index >= 15 is 0 Å². The van der Waals surface area contributed by atoms with Gasteiger partial charge >= 0.3 is 0 Å². The van der Waals surface area contributed by atoms with Crippen molar-refractivity contribution in [3.63, 3.8) is 0 Å². The van der Waals surface area contributed by atoms with E-state index < -0.39 is 0 Å². The van der Waals surface area contributed by atoms with Crippen LogP contribution in [-0.2, 0) is 0 Å². The van der Waals surface area contributed by atoms with Gasteiger partial charge in [0.05, 0.1) is 0 Å². The third kappa shape index (κ3) is 3.83. The summed E-state index contributed by atoms with van der Waals surface area (Å²) >= 11 is 0. The zero-order valence-electron chi connectivity index (χ0n) is 15.6. The average Bonchev–Trinajstić information content (AvgIpc) is 2.74. The fourth-order valence-electron chi connectivity index (χ4n) is 3.66. The monoisotopic (exact) mass is 376 g/mol. The van der Waals surface area contributed by atoms with Crippen molar-refractivity contribution in [2.45, 2.75) is 38.1 Å². The van der Waals surface area contributed by atoms with Crippen LogP contribution in [0.4, 0.5) is 17.3 Å². The molecule has 7 nitrogen and oxygen atoms in total. The number of hydrazine groups is 1. The van der Waals surface area contributed by atoms with Gasteiger partial charge in [-0.3, -0.25) is 15.6 Å². The van der Waals surface area contributed by atoms with Gasteiger partial charge in [0.1, 0.15) is 12.0 Å². The first kappa shape index (κ1) is 18.0. The SMILES string of the molecule is Nc1c(NNC(=O)c2cccc3ccccc23)ncnc1NC1CCCCC1. The number of hydrogen-bond acceptors (Lipinski definition) is 6. The van der Waals surface area contributed by atoms with Crippen LogP contribution in [0.5, 0.6) is 0 Å². The van der Waals surface area contributed by atoms with E-state index in [2.05, 4.69) is 26.1 Å². The summed E-state index contributed by atoms with van der Waals surface area (Å²) in [7, 11) is 0. The summed E-state index contributed by atoms with van der Waals surface area (Å²) in [6, 6.07) is 13.8. The van der Waals surface area contributed by atoms with Crippen molar-refractivity contribution in [1.29, 1.82) is 0 Å². The summed E-state index contributed by atoms with van der Waals surface area (Å²) < 4.78 is 0. The highest BCUT2D eigenvalue weighted by Gasteiger charge is 2.17. The Morgan fingerprint density at radius 2 is 1.71 bits per heavy atom. The lowest BCUT2D eigenvalue weighted by Gasteiger charge is -2.24. The van der Waals surface area contributed by atoms with Gasteiger partial charge in [-0.05, 0) is 29.7 Å². The molecule has 1 saturated carbocycles. The second-order valence-electron chi connectivity index (χ2n) is 7.07. The van der Waals surface area contributed by atoms with Crippen LogP contribution in [0.25, 0.3) is 10.8 Å². The molecule has 5 N–H and O–H groups in total. The van der Waals surface area contributed by atoms with Crippen LogP contribution in [0.1, 0.15) is 42.5 Å². The molecular formula is C21H24N6O. The minimum atomic E-state index is -0.253. The molecule has 0 saturated heterocycles. The average molecular weight is 376 g/mol. The first-order valence-corrected chi connectivity index (χ1v) is 9.63. The molecule has 0 unspecified atom stereocenters. The van der Waals surface area contributed by atoms with E-state index in [1.54, 1.807) is 6.07 Å². The van der Waals surface area contributed by atoms with Crippen LogP contribution in [-0.4, -0.2) is 21.9 Å². The smallest absolute Gasteiger partial charge is 0.270 e. The predicted molar refractivity (Wildman–Crippen MR) is 112 cm³/mol. The van der Waals surface area contributed by atoms with Crippen molar-refractivity contribution in [2.75, 3.05) is 16.5 Å². The van der Waals surface area contributed by atoms with E-state index in [4.69, 9.17) is 5.73 Å². The lowest BCUT2D eigenvalue weighted by Crippen LogP contribution is -2.31. The van der Waals surface area contributed by atoms with Gasteiger partial charge in [0.15, 0.2) is 11.6 Å². The summed E-state index contributed by atoms with van der Waals surface area (Å²) in [6.07, 6.45) is 7.39. The van der Waals surface area contributed by atoms with Gasteiger partial charge in [-0.2, -0.15) is 0 Å².